The van der Waals surface area contributed by atoms with Crippen LogP contribution in [0.2, 0.25) is 0 Å². The number of benzene rings is 2. The van der Waals surface area contributed by atoms with Crippen LogP contribution in [-0.4, -0.2) is 22.2 Å². The summed E-state index contributed by atoms with van der Waals surface area (Å²) in [6.45, 7) is 0. The molecule has 0 aliphatic carbocycles. The first-order chi connectivity index (χ1) is 9.40. The molecular weight excluding hydrogens is 310 g/mol. The molecule has 8 heteroatoms. The van der Waals surface area contributed by atoms with Crippen molar-refractivity contribution in [1.82, 2.24) is 0 Å². The van der Waals surface area contributed by atoms with Crippen LogP contribution in [0.5, 0.6) is 11.5 Å². The molecule has 0 bridgehead atoms. The van der Waals surface area contributed by atoms with E-state index in [1.807, 2.05) is 0 Å². The van der Waals surface area contributed by atoms with Gasteiger partial charge in [0, 0.05) is 0 Å². The van der Waals surface area contributed by atoms with E-state index in [0.717, 1.165) is 24.3 Å². The van der Waals surface area contributed by atoms with E-state index in [9.17, 15) is 19.8 Å². The summed E-state index contributed by atoms with van der Waals surface area (Å²) in [6.07, 6.45) is 0. The minimum atomic E-state index is -1.35. The molecule has 0 saturated carbocycles. The number of carboxylic acid groups (broad SMARTS) is 2. The Balaban J connectivity index is 0.00000220. The van der Waals surface area contributed by atoms with Crippen LogP contribution in [0.1, 0.15) is 20.7 Å². The fourth-order valence-electron chi connectivity index (χ4n) is 1.87. The first-order valence-electron chi connectivity index (χ1n) is 5.49. The fourth-order valence-corrected chi connectivity index (χ4v) is 1.87. The van der Waals surface area contributed by atoms with Crippen molar-refractivity contribution in [2.45, 2.75) is 0 Å². The van der Waals surface area contributed by atoms with E-state index in [0.29, 0.717) is 0 Å². The first kappa shape index (κ1) is 21.0. The molecule has 0 fully saturated rings. The van der Waals surface area contributed by atoms with E-state index in [1.165, 1.54) is 12.1 Å². The molecular formula is C14H8Na2O6. The molecule has 0 spiro atoms. The van der Waals surface area contributed by atoms with Gasteiger partial charge in [0.1, 0.15) is 0 Å². The van der Waals surface area contributed by atoms with Crippen molar-refractivity contribution in [3.63, 3.8) is 0 Å². The Labute approximate surface area is 170 Å². The summed E-state index contributed by atoms with van der Waals surface area (Å²) < 4.78 is 0. The van der Waals surface area contributed by atoms with Gasteiger partial charge in [-0.3, -0.25) is 0 Å². The summed E-state index contributed by atoms with van der Waals surface area (Å²) in [4.78, 5) is 22.3. The van der Waals surface area contributed by atoms with E-state index >= 15 is 0 Å². The summed E-state index contributed by atoms with van der Waals surface area (Å²) in [5, 5.41) is 40.6. The van der Waals surface area contributed by atoms with Gasteiger partial charge in [-0.2, -0.15) is 0 Å². The third kappa shape index (κ3) is 4.49. The second-order valence-corrected chi connectivity index (χ2v) is 4.03. The Morgan fingerprint density at radius 2 is 1.05 bits per heavy atom. The molecule has 2 aromatic carbocycles. The van der Waals surface area contributed by atoms with Crippen molar-refractivity contribution in [2.24, 2.45) is 0 Å². The molecule has 0 saturated heterocycles. The van der Waals surface area contributed by atoms with Crippen molar-refractivity contribution in [3.05, 3.63) is 47.5 Å². The van der Waals surface area contributed by atoms with Crippen LogP contribution in [0.25, 0.3) is 11.1 Å². The predicted octanol–water partition coefficient (Wildman–Crippen LogP) is -5.09. The molecule has 0 heterocycles. The van der Waals surface area contributed by atoms with Gasteiger partial charge in [0.25, 0.3) is 0 Å². The van der Waals surface area contributed by atoms with Gasteiger partial charge in [0.15, 0.2) is 0 Å². The minimum absolute atomic E-state index is 0. The predicted molar refractivity (Wildman–Crippen MR) is 64.7 cm³/mol. The molecule has 0 aromatic heterocycles. The molecule has 0 amide bonds. The van der Waals surface area contributed by atoms with Gasteiger partial charge >= 0.3 is 71.1 Å². The molecule has 6 nitrogen and oxygen atoms in total. The second-order valence-electron chi connectivity index (χ2n) is 4.03. The average molecular weight is 318 g/mol. The average Bonchev–Trinajstić information content (AvgIpc) is 2.38. The van der Waals surface area contributed by atoms with Gasteiger partial charge in [0.2, 0.25) is 0 Å². The van der Waals surface area contributed by atoms with Crippen molar-refractivity contribution in [1.29, 1.82) is 0 Å². The van der Waals surface area contributed by atoms with Gasteiger partial charge in [-0.05, 0) is 11.1 Å². The molecule has 2 N–H and O–H groups in total. The van der Waals surface area contributed by atoms with Crippen LogP contribution in [0.3, 0.4) is 0 Å². The van der Waals surface area contributed by atoms with Crippen LogP contribution in [-0.2, 0) is 0 Å². The Morgan fingerprint density at radius 1 is 0.727 bits per heavy atom. The van der Waals surface area contributed by atoms with Crippen LogP contribution in [0.15, 0.2) is 36.4 Å². The maximum Gasteiger partial charge on any atom is 1.00 e. The van der Waals surface area contributed by atoms with Crippen molar-refractivity contribution in [2.75, 3.05) is 0 Å². The third-order valence-corrected chi connectivity index (χ3v) is 2.73. The minimum Gasteiger partial charge on any atom is -0.872 e. The van der Waals surface area contributed by atoms with Crippen LogP contribution >= 0.6 is 0 Å². The molecule has 2 aromatic rings. The molecule has 2 rings (SSSR count). The molecule has 102 valence electrons. The largest absolute Gasteiger partial charge is 1.00 e. The van der Waals surface area contributed by atoms with Gasteiger partial charge in [-0.25, -0.2) is 9.59 Å². The molecule has 0 aliphatic rings. The van der Waals surface area contributed by atoms with Gasteiger partial charge in [-0.1, -0.05) is 36.4 Å². The first-order valence-corrected chi connectivity index (χ1v) is 5.49. The smallest absolute Gasteiger partial charge is 0.872 e. The number of aromatic carboxylic acids is 2. The molecule has 0 radical (unpaired) electrons. The number of hydrogen-bond acceptors (Lipinski definition) is 4. The monoisotopic (exact) mass is 318 g/mol. The number of hydrogen-bond donors (Lipinski definition) is 2. The van der Waals surface area contributed by atoms with Crippen LogP contribution < -0.4 is 69.3 Å². The number of rotatable bonds is 3. The molecule has 0 aliphatic heterocycles. The Morgan fingerprint density at radius 3 is 1.32 bits per heavy atom. The zero-order valence-corrected chi connectivity index (χ0v) is 16.0. The zero-order valence-electron chi connectivity index (χ0n) is 12.0. The maximum atomic E-state index is 11.2. The van der Waals surface area contributed by atoms with Crippen molar-refractivity contribution >= 4 is 11.9 Å². The van der Waals surface area contributed by atoms with E-state index in [4.69, 9.17) is 10.2 Å². The van der Waals surface area contributed by atoms with Crippen molar-refractivity contribution < 1.29 is 89.1 Å². The zero-order chi connectivity index (χ0) is 14.9. The van der Waals surface area contributed by atoms with E-state index in [-0.39, 0.29) is 81.4 Å². The van der Waals surface area contributed by atoms with E-state index in [1.54, 1.807) is 0 Å². The van der Waals surface area contributed by atoms with Gasteiger partial charge < -0.3 is 20.4 Å². The van der Waals surface area contributed by atoms with Crippen molar-refractivity contribution in [3.8, 4) is 22.6 Å². The van der Waals surface area contributed by atoms with E-state index in [2.05, 4.69) is 0 Å². The summed E-state index contributed by atoms with van der Waals surface area (Å²) in [5.74, 6) is -3.69. The summed E-state index contributed by atoms with van der Waals surface area (Å²) in [7, 11) is 0. The summed E-state index contributed by atoms with van der Waals surface area (Å²) >= 11 is 0. The SMILES string of the molecule is O=C(O)c1cc([O-])ccc1-c1ccc([O-])cc1C(=O)O.[Na+].[Na+]. The standard InChI is InChI=1S/C14H10O6.2Na/c15-7-1-3-9(11(5-7)13(17)18)10-4-2-8(16)6-12(10)14(19)20;;/h1-6,15-16H,(H,17,18)(H,19,20);;/q;2*+1/p-2. The summed E-state index contributed by atoms with van der Waals surface area (Å²) in [5.41, 5.74) is -0.457. The second kappa shape index (κ2) is 8.57. The Bertz CT molecular complexity index is 653. The maximum absolute atomic E-state index is 11.2. The van der Waals surface area contributed by atoms with Gasteiger partial charge in [0.05, 0.1) is 11.1 Å². The number of carboxylic acids is 2. The van der Waals surface area contributed by atoms with Crippen LogP contribution in [0, 0.1) is 0 Å². The quantitative estimate of drug-likeness (QED) is 0.546. The molecule has 0 unspecified atom stereocenters. The molecule has 22 heavy (non-hydrogen) atoms. The third-order valence-electron chi connectivity index (χ3n) is 2.73. The van der Waals surface area contributed by atoms with Crippen LogP contribution in [0.4, 0.5) is 0 Å². The normalized spacial score (nSPS) is 9.27. The van der Waals surface area contributed by atoms with E-state index < -0.39 is 23.4 Å². The number of carbonyl (C=O) groups is 2. The molecule has 0 atom stereocenters. The topological polar surface area (TPSA) is 121 Å². The Kier molecular flexibility index (Phi) is 8.17. The Hall–Kier alpha value is -1.02. The van der Waals surface area contributed by atoms with Gasteiger partial charge in [-0.15, -0.1) is 11.5 Å². The fraction of sp³-hybridized carbons (Fsp3) is 0. The summed E-state index contributed by atoms with van der Waals surface area (Å²) in [6, 6.07) is 6.57.